The summed E-state index contributed by atoms with van der Waals surface area (Å²) in [6.07, 6.45) is 5.61. The van der Waals surface area contributed by atoms with E-state index in [1.165, 1.54) is 5.56 Å². The maximum atomic E-state index is 4.30. The molecule has 0 radical (unpaired) electrons. The molecule has 1 unspecified atom stereocenters. The minimum absolute atomic E-state index is 0.255. The lowest BCUT2D eigenvalue weighted by Crippen LogP contribution is -2.06. The molecule has 0 saturated heterocycles. The lowest BCUT2D eigenvalue weighted by molar-refractivity contribution is 0.756. The fourth-order valence-electron chi connectivity index (χ4n) is 1.71. The molecule has 0 aliphatic heterocycles. The van der Waals surface area contributed by atoms with Crippen LogP contribution in [0.3, 0.4) is 0 Å². The van der Waals surface area contributed by atoms with Crippen LogP contribution in [0.4, 0.5) is 5.69 Å². The Hall–Kier alpha value is -1.84. The van der Waals surface area contributed by atoms with Gasteiger partial charge in [0.1, 0.15) is 0 Å². The predicted molar refractivity (Wildman–Crippen MR) is 64.2 cm³/mol. The van der Waals surface area contributed by atoms with Crippen LogP contribution in [0, 0.1) is 6.92 Å². The average molecular weight is 216 g/mol. The maximum Gasteiger partial charge on any atom is 0.0825 e. The summed E-state index contributed by atoms with van der Waals surface area (Å²) >= 11 is 0. The van der Waals surface area contributed by atoms with Crippen LogP contribution in [-0.4, -0.2) is 14.8 Å². The van der Waals surface area contributed by atoms with Crippen molar-refractivity contribution in [3.8, 4) is 0 Å². The van der Waals surface area contributed by atoms with E-state index in [1.54, 1.807) is 0 Å². The van der Waals surface area contributed by atoms with Crippen LogP contribution in [-0.2, 0) is 7.05 Å². The third-order valence-corrected chi connectivity index (χ3v) is 2.59. The van der Waals surface area contributed by atoms with E-state index >= 15 is 0 Å². The van der Waals surface area contributed by atoms with E-state index < -0.39 is 0 Å². The highest BCUT2D eigenvalue weighted by atomic mass is 15.3. The Balaban J connectivity index is 2.14. The molecule has 0 saturated carbocycles. The van der Waals surface area contributed by atoms with Gasteiger partial charge in [-0.3, -0.25) is 9.67 Å². The second-order valence-corrected chi connectivity index (χ2v) is 3.95. The Bertz CT molecular complexity index is 461. The van der Waals surface area contributed by atoms with Gasteiger partial charge in [-0.15, -0.1) is 0 Å². The highest BCUT2D eigenvalue weighted by molar-refractivity contribution is 5.47. The van der Waals surface area contributed by atoms with Crippen LogP contribution in [0.1, 0.15) is 24.2 Å². The van der Waals surface area contributed by atoms with Gasteiger partial charge in [-0.1, -0.05) is 0 Å². The summed E-state index contributed by atoms with van der Waals surface area (Å²) in [4.78, 5) is 4.01. The standard InChI is InChI=1S/C12H16N4/c1-9(11-4-6-13-7-5-11)14-12-8-16(3)15-10(12)2/h4-9,14H,1-3H3. The van der Waals surface area contributed by atoms with Crippen molar-refractivity contribution in [2.45, 2.75) is 19.9 Å². The molecule has 1 N–H and O–H groups in total. The number of nitrogens with one attached hydrogen (secondary N) is 1. The van der Waals surface area contributed by atoms with Gasteiger partial charge in [-0.2, -0.15) is 5.10 Å². The molecule has 0 aliphatic carbocycles. The molecule has 0 fully saturated rings. The minimum atomic E-state index is 0.255. The Morgan fingerprint density at radius 2 is 2.00 bits per heavy atom. The van der Waals surface area contributed by atoms with Crippen molar-refractivity contribution < 1.29 is 0 Å². The van der Waals surface area contributed by atoms with E-state index in [-0.39, 0.29) is 6.04 Å². The molecule has 2 aromatic heterocycles. The van der Waals surface area contributed by atoms with Crippen LogP contribution >= 0.6 is 0 Å². The topological polar surface area (TPSA) is 42.7 Å². The summed E-state index contributed by atoms with van der Waals surface area (Å²) < 4.78 is 1.82. The number of aryl methyl sites for hydroxylation is 2. The highest BCUT2D eigenvalue weighted by Crippen LogP contribution is 2.20. The Morgan fingerprint density at radius 3 is 2.56 bits per heavy atom. The normalized spacial score (nSPS) is 12.4. The Kier molecular flexibility index (Phi) is 2.90. The second-order valence-electron chi connectivity index (χ2n) is 3.95. The van der Waals surface area contributed by atoms with Crippen LogP contribution in [0.5, 0.6) is 0 Å². The summed E-state index contributed by atoms with van der Waals surface area (Å²) in [5.41, 5.74) is 3.31. The van der Waals surface area contributed by atoms with Gasteiger partial charge >= 0.3 is 0 Å². The van der Waals surface area contributed by atoms with Gasteiger partial charge in [-0.25, -0.2) is 0 Å². The van der Waals surface area contributed by atoms with Gasteiger partial charge in [0.15, 0.2) is 0 Å². The Labute approximate surface area is 95.3 Å². The molecular formula is C12H16N4. The monoisotopic (exact) mass is 216 g/mol. The lowest BCUT2D eigenvalue weighted by Gasteiger charge is -2.14. The smallest absolute Gasteiger partial charge is 0.0825 e. The van der Waals surface area contributed by atoms with Crippen molar-refractivity contribution in [2.75, 3.05) is 5.32 Å². The number of rotatable bonds is 3. The molecule has 0 spiro atoms. The number of hydrogen-bond donors (Lipinski definition) is 1. The first-order valence-corrected chi connectivity index (χ1v) is 5.33. The average Bonchev–Trinajstić information content (AvgIpc) is 2.59. The van der Waals surface area contributed by atoms with Crippen LogP contribution in [0.25, 0.3) is 0 Å². The first kappa shape index (κ1) is 10.7. The molecule has 2 aromatic rings. The molecule has 84 valence electrons. The van der Waals surface area contributed by atoms with Gasteiger partial charge in [0.2, 0.25) is 0 Å². The quantitative estimate of drug-likeness (QED) is 0.856. The number of nitrogens with zero attached hydrogens (tertiary/aromatic N) is 3. The zero-order valence-corrected chi connectivity index (χ0v) is 9.81. The summed E-state index contributed by atoms with van der Waals surface area (Å²) in [6.45, 7) is 4.13. The predicted octanol–water partition coefficient (Wildman–Crippen LogP) is 2.30. The minimum Gasteiger partial charge on any atom is -0.376 e. The number of aromatic nitrogens is 3. The zero-order valence-electron chi connectivity index (χ0n) is 9.81. The maximum absolute atomic E-state index is 4.30. The van der Waals surface area contributed by atoms with Gasteiger partial charge in [0, 0.05) is 31.7 Å². The highest BCUT2D eigenvalue weighted by Gasteiger charge is 2.08. The van der Waals surface area contributed by atoms with Gasteiger partial charge in [-0.05, 0) is 31.5 Å². The molecule has 0 amide bonds. The summed E-state index contributed by atoms with van der Waals surface area (Å²) in [5.74, 6) is 0. The van der Waals surface area contributed by atoms with E-state index in [4.69, 9.17) is 0 Å². The Morgan fingerprint density at radius 1 is 1.31 bits per heavy atom. The molecule has 0 aliphatic rings. The van der Waals surface area contributed by atoms with E-state index in [2.05, 4.69) is 22.3 Å². The van der Waals surface area contributed by atoms with E-state index in [0.717, 1.165) is 11.4 Å². The van der Waals surface area contributed by atoms with Crippen molar-refractivity contribution in [3.05, 3.63) is 42.0 Å². The summed E-state index contributed by atoms with van der Waals surface area (Å²) in [5, 5.41) is 7.74. The SMILES string of the molecule is Cc1nn(C)cc1NC(C)c1ccncc1. The summed E-state index contributed by atoms with van der Waals surface area (Å²) in [6, 6.07) is 4.29. The fraction of sp³-hybridized carbons (Fsp3) is 0.333. The molecule has 2 rings (SSSR count). The number of hydrogen-bond acceptors (Lipinski definition) is 3. The lowest BCUT2D eigenvalue weighted by atomic mass is 10.1. The van der Waals surface area contributed by atoms with Crippen LogP contribution < -0.4 is 5.32 Å². The number of anilines is 1. The third-order valence-electron chi connectivity index (χ3n) is 2.59. The van der Waals surface area contributed by atoms with E-state index in [9.17, 15) is 0 Å². The summed E-state index contributed by atoms with van der Waals surface area (Å²) in [7, 11) is 1.93. The first-order chi connectivity index (χ1) is 7.66. The van der Waals surface area contributed by atoms with Gasteiger partial charge in [0.05, 0.1) is 11.4 Å². The second kappa shape index (κ2) is 4.35. The molecule has 0 bridgehead atoms. The number of pyridine rings is 1. The van der Waals surface area contributed by atoms with Crippen molar-refractivity contribution in [2.24, 2.45) is 7.05 Å². The van der Waals surface area contributed by atoms with Gasteiger partial charge in [0.25, 0.3) is 0 Å². The molecule has 1 atom stereocenters. The van der Waals surface area contributed by atoms with Crippen LogP contribution in [0.15, 0.2) is 30.7 Å². The van der Waals surface area contributed by atoms with Crippen LogP contribution in [0.2, 0.25) is 0 Å². The van der Waals surface area contributed by atoms with Crippen molar-refractivity contribution in [1.29, 1.82) is 0 Å². The molecular weight excluding hydrogens is 200 g/mol. The van der Waals surface area contributed by atoms with Crippen molar-refractivity contribution >= 4 is 5.69 Å². The van der Waals surface area contributed by atoms with E-state index in [0.29, 0.717) is 0 Å². The van der Waals surface area contributed by atoms with E-state index in [1.807, 2.05) is 49.4 Å². The first-order valence-electron chi connectivity index (χ1n) is 5.33. The molecule has 16 heavy (non-hydrogen) atoms. The fourth-order valence-corrected chi connectivity index (χ4v) is 1.71. The molecule has 4 heteroatoms. The molecule has 2 heterocycles. The zero-order chi connectivity index (χ0) is 11.5. The molecule has 0 aromatic carbocycles. The third kappa shape index (κ3) is 2.21. The molecule has 4 nitrogen and oxygen atoms in total. The van der Waals surface area contributed by atoms with Crippen molar-refractivity contribution in [1.82, 2.24) is 14.8 Å². The largest absolute Gasteiger partial charge is 0.376 e. The van der Waals surface area contributed by atoms with Gasteiger partial charge < -0.3 is 5.32 Å². The van der Waals surface area contributed by atoms with Crippen molar-refractivity contribution in [3.63, 3.8) is 0 Å².